The maximum Gasteiger partial charge on any atom is 0.123 e. The predicted molar refractivity (Wildman–Crippen MR) is 53.0 cm³/mol. The van der Waals surface area contributed by atoms with Gasteiger partial charge in [-0.25, -0.2) is 0 Å². The predicted octanol–water partition coefficient (Wildman–Crippen LogP) is 3.14. The molecule has 0 fully saturated rings. The molecule has 0 spiro atoms. The van der Waals surface area contributed by atoms with Gasteiger partial charge >= 0.3 is 0 Å². The van der Waals surface area contributed by atoms with E-state index in [9.17, 15) is 4.79 Å². The summed E-state index contributed by atoms with van der Waals surface area (Å²) >= 11 is 0. The molecule has 1 nitrogen and oxygen atoms in total. The lowest BCUT2D eigenvalue weighted by Gasteiger charge is -2.34. The van der Waals surface area contributed by atoms with Gasteiger partial charge in [0.1, 0.15) is 6.29 Å². The van der Waals surface area contributed by atoms with Crippen LogP contribution in [0.25, 0.3) is 0 Å². The van der Waals surface area contributed by atoms with Crippen LogP contribution in [-0.2, 0) is 4.79 Å². The number of carbonyl (C=O) groups is 1. The third-order valence-electron chi connectivity index (χ3n) is 3.20. The summed E-state index contributed by atoms with van der Waals surface area (Å²) in [5, 5.41) is 0. The maximum absolute atomic E-state index is 10.6. The summed E-state index contributed by atoms with van der Waals surface area (Å²) in [5.74, 6) is 1.24. The Balaban J connectivity index is 4.28. The first kappa shape index (κ1) is 11.7. The normalized spacial score (nSPS) is 19.8. The van der Waals surface area contributed by atoms with E-state index in [2.05, 4.69) is 34.6 Å². The molecule has 0 bridgehead atoms. The lowest BCUT2D eigenvalue weighted by atomic mass is 9.71. The Morgan fingerprint density at radius 3 is 1.75 bits per heavy atom. The van der Waals surface area contributed by atoms with Gasteiger partial charge in [0.15, 0.2) is 0 Å². The molecule has 0 aromatic rings. The van der Waals surface area contributed by atoms with E-state index in [4.69, 9.17) is 0 Å². The van der Waals surface area contributed by atoms with Crippen molar-refractivity contribution in [2.24, 2.45) is 23.2 Å². The van der Waals surface area contributed by atoms with E-state index in [0.29, 0.717) is 17.3 Å². The van der Waals surface area contributed by atoms with Crippen LogP contribution in [0.2, 0.25) is 0 Å². The summed E-state index contributed by atoms with van der Waals surface area (Å²) < 4.78 is 0. The molecule has 12 heavy (non-hydrogen) atoms. The van der Waals surface area contributed by atoms with E-state index in [1.807, 2.05) is 6.92 Å². The van der Waals surface area contributed by atoms with Crippen molar-refractivity contribution >= 4 is 6.29 Å². The van der Waals surface area contributed by atoms with E-state index in [1.165, 1.54) is 0 Å². The summed E-state index contributed by atoms with van der Waals surface area (Å²) in [5.41, 5.74) is 0.302. The minimum atomic E-state index is 0.180. The summed E-state index contributed by atoms with van der Waals surface area (Å²) in [4.78, 5) is 10.6. The number of rotatable bonds is 3. The summed E-state index contributed by atoms with van der Waals surface area (Å²) in [6.45, 7) is 13.1. The Kier molecular flexibility index (Phi) is 3.95. The molecule has 0 saturated carbocycles. The van der Waals surface area contributed by atoms with Gasteiger partial charge in [0.25, 0.3) is 0 Å². The van der Waals surface area contributed by atoms with Gasteiger partial charge in [0.05, 0.1) is 0 Å². The summed E-state index contributed by atoms with van der Waals surface area (Å²) in [7, 11) is 0. The van der Waals surface area contributed by atoms with Crippen LogP contribution in [-0.4, -0.2) is 6.29 Å². The van der Waals surface area contributed by atoms with Crippen LogP contribution in [0, 0.1) is 23.2 Å². The Hall–Kier alpha value is -0.330. The van der Waals surface area contributed by atoms with Crippen LogP contribution in [0.5, 0.6) is 0 Å². The van der Waals surface area contributed by atoms with Crippen molar-refractivity contribution in [2.75, 3.05) is 0 Å². The fourth-order valence-electron chi connectivity index (χ4n) is 1.37. The first-order valence-electron chi connectivity index (χ1n) is 4.76. The molecule has 0 N–H and O–H groups in total. The number of aldehydes is 1. The monoisotopic (exact) mass is 170 g/mol. The van der Waals surface area contributed by atoms with Crippen LogP contribution >= 0.6 is 0 Å². The van der Waals surface area contributed by atoms with Crippen molar-refractivity contribution in [3.8, 4) is 0 Å². The van der Waals surface area contributed by atoms with Crippen molar-refractivity contribution in [1.29, 1.82) is 0 Å². The summed E-state index contributed by atoms with van der Waals surface area (Å²) in [6, 6.07) is 0. The van der Waals surface area contributed by atoms with Crippen molar-refractivity contribution in [1.82, 2.24) is 0 Å². The van der Waals surface area contributed by atoms with E-state index in [-0.39, 0.29) is 5.92 Å². The molecule has 0 saturated heterocycles. The van der Waals surface area contributed by atoms with Crippen molar-refractivity contribution in [2.45, 2.75) is 41.5 Å². The molecule has 0 aromatic heterocycles. The molecular formula is C11H22O. The molecule has 0 aliphatic heterocycles. The lowest BCUT2D eigenvalue weighted by Crippen LogP contribution is -2.28. The van der Waals surface area contributed by atoms with Gasteiger partial charge in [-0.1, -0.05) is 41.5 Å². The highest BCUT2D eigenvalue weighted by Gasteiger charge is 2.28. The van der Waals surface area contributed by atoms with Crippen LogP contribution in [0.3, 0.4) is 0 Å². The zero-order valence-corrected chi connectivity index (χ0v) is 9.22. The minimum absolute atomic E-state index is 0.180. The molecular weight excluding hydrogens is 148 g/mol. The third kappa shape index (κ3) is 2.96. The molecule has 0 heterocycles. The van der Waals surface area contributed by atoms with Crippen LogP contribution in [0.4, 0.5) is 0 Å². The van der Waals surface area contributed by atoms with Crippen LogP contribution in [0.1, 0.15) is 41.5 Å². The highest BCUT2D eigenvalue weighted by atomic mass is 16.1. The van der Waals surface area contributed by atoms with E-state index in [0.717, 1.165) is 6.29 Å². The van der Waals surface area contributed by atoms with Gasteiger partial charge in [-0.3, -0.25) is 0 Å². The van der Waals surface area contributed by atoms with Gasteiger partial charge < -0.3 is 4.79 Å². The Morgan fingerprint density at radius 2 is 1.50 bits per heavy atom. The Bertz CT molecular complexity index is 144. The van der Waals surface area contributed by atoms with Gasteiger partial charge in [0, 0.05) is 5.92 Å². The SMILES string of the molecule is CC(C=O)C(C)C(C)C(C)(C)C. The van der Waals surface area contributed by atoms with E-state index in [1.54, 1.807) is 0 Å². The van der Waals surface area contributed by atoms with Crippen LogP contribution < -0.4 is 0 Å². The van der Waals surface area contributed by atoms with Crippen molar-refractivity contribution in [3.63, 3.8) is 0 Å². The summed E-state index contributed by atoms with van der Waals surface area (Å²) in [6.07, 6.45) is 1.06. The molecule has 1 heteroatoms. The van der Waals surface area contributed by atoms with Gasteiger partial charge in [-0.05, 0) is 17.3 Å². The second-order valence-corrected chi connectivity index (χ2v) is 5.01. The lowest BCUT2D eigenvalue weighted by molar-refractivity contribution is -0.112. The first-order valence-corrected chi connectivity index (χ1v) is 4.76. The molecule has 0 aromatic carbocycles. The van der Waals surface area contributed by atoms with Crippen molar-refractivity contribution in [3.05, 3.63) is 0 Å². The fraction of sp³-hybridized carbons (Fsp3) is 0.909. The smallest absolute Gasteiger partial charge is 0.123 e. The molecule has 3 atom stereocenters. The quantitative estimate of drug-likeness (QED) is 0.595. The average Bonchev–Trinajstić information content (AvgIpc) is 1.98. The van der Waals surface area contributed by atoms with Crippen LogP contribution in [0.15, 0.2) is 0 Å². The zero-order valence-electron chi connectivity index (χ0n) is 9.22. The van der Waals surface area contributed by atoms with Crippen molar-refractivity contribution < 1.29 is 4.79 Å². The average molecular weight is 170 g/mol. The van der Waals surface area contributed by atoms with Gasteiger partial charge in [-0.2, -0.15) is 0 Å². The molecule has 0 radical (unpaired) electrons. The zero-order chi connectivity index (χ0) is 9.94. The van der Waals surface area contributed by atoms with Gasteiger partial charge in [-0.15, -0.1) is 0 Å². The molecule has 3 unspecified atom stereocenters. The number of hydrogen-bond donors (Lipinski definition) is 0. The second-order valence-electron chi connectivity index (χ2n) is 5.01. The number of carbonyl (C=O) groups excluding carboxylic acids is 1. The highest BCUT2D eigenvalue weighted by molar-refractivity contribution is 5.53. The number of hydrogen-bond acceptors (Lipinski definition) is 1. The fourth-order valence-corrected chi connectivity index (χ4v) is 1.37. The standard InChI is InChI=1S/C11H22O/c1-8(7-12)9(2)10(3)11(4,5)6/h7-10H,1-6H3. The molecule has 0 rings (SSSR count). The topological polar surface area (TPSA) is 17.1 Å². The molecule has 0 aliphatic carbocycles. The third-order valence-corrected chi connectivity index (χ3v) is 3.20. The largest absolute Gasteiger partial charge is 0.303 e. The van der Waals surface area contributed by atoms with E-state index < -0.39 is 0 Å². The maximum atomic E-state index is 10.6. The molecule has 0 aliphatic rings. The Morgan fingerprint density at radius 1 is 1.08 bits per heavy atom. The first-order chi connectivity index (χ1) is 5.30. The Labute approximate surface area is 76.6 Å². The van der Waals surface area contributed by atoms with E-state index >= 15 is 0 Å². The van der Waals surface area contributed by atoms with Gasteiger partial charge in [0.2, 0.25) is 0 Å². The molecule has 0 amide bonds. The molecule has 72 valence electrons. The highest BCUT2D eigenvalue weighted by Crippen LogP contribution is 2.34. The minimum Gasteiger partial charge on any atom is -0.303 e. The second kappa shape index (κ2) is 4.06.